The molecule has 0 saturated carbocycles. The molecule has 0 amide bonds. The number of unbranched alkanes of at least 4 members (excludes halogenated alkanes) is 25. The van der Waals surface area contributed by atoms with Crippen LogP contribution >= 0.6 is 0 Å². The first-order valence-corrected chi connectivity index (χ1v) is 16.6. The second kappa shape index (κ2) is 31.4. The molecule has 0 aromatic carbocycles. The fourth-order valence-corrected chi connectivity index (χ4v) is 4.94. The summed E-state index contributed by atoms with van der Waals surface area (Å²) in [4.78, 5) is 11.2. The maximum absolute atomic E-state index is 11.2. The molecule has 0 heterocycles. The normalized spacial score (nSPS) is 11.2. The van der Waals surface area contributed by atoms with Crippen molar-refractivity contribution in [1.82, 2.24) is 0 Å². The molecule has 0 aromatic rings. The lowest BCUT2D eigenvalue weighted by atomic mass is 10.0. The minimum atomic E-state index is -0.330. The summed E-state index contributed by atoms with van der Waals surface area (Å²) in [5.74, 6) is -0.330. The Morgan fingerprint density at radius 3 is 1.05 bits per heavy atom. The van der Waals surface area contributed by atoms with Gasteiger partial charge in [0.2, 0.25) is 0 Å². The molecule has 220 valence electrons. The minimum Gasteiger partial charge on any atom is -0.460 e. The van der Waals surface area contributed by atoms with Gasteiger partial charge < -0.3 is 9.47 Å². The fourth-order valence-electron chi connectivity index (χ4n) is 4.94. The van der Waals surface area contributed by atoms with E-state index in [2.05, 4.69) is 13.5 Å². The first-order chi connectivity index (χ1) is 18.2. The second-order valence-electron chi connectivity index (χ2n) is 11.4. The first-order valence-electron chi connectivity index (χ1n) is 16.6. The van der Waals surface area contributed by atoms with Crippen LogP contribution in [0.15, 0.2) is 12.2 Å². The Balaban J connectivity index is 3.05. The standard InChI is InChI=1S/C34H66O3/c1-4-5-6-7-8-9-10-11-12-13-14-15-16-17-18-19-20-21-22-23-24-25-26-27-28-29-30-36-31-32-37-34(35)33(2)3/h2,4-32H2,1,3H3. The number of carbonyl (C=O) groups excluding carboxylic acids is 1. The van der Waals surface area contributed by atoms with Gasteiger partial charge in [0.15, 0.2) is 0 Å². The Morgan fingerprint density at radius 2 is 0.757 bits per heavy atom. The van der Waals surface area contributed by atoms with Gasteiger partial charge in [-0.1, -0.05) is 174 Å². The Hall–Kier alpha value is -0.830. The SMILES string of the molecule is C=C(C)C(=O)OCCOCCCCCCCCCCCCCCCCCCCCCCCCCCCC. The van der Waals surface area contributed by atoms with Crippen molar-refractivity contribution in [2.75, 3.05) is 19.8 Å². The van der Waals surface area contributed by atoms with Gasteiger partial charge in [-0.05, 0) is 13.3 Å². The van der Waals surface area contributed by atoms with Crippen LogP contribution in [0.25, 0.3) is 0 Å². The van der Waals surface area contributed by atoms with Crippen LogP contribution in [0, 0.1) is 0 Å². The van der Waals surface area contributed by atoms with Gasteiger partial charge in [0.25, 0.3) is 0 Å². The van der Waals surface area contributed by atoms with Crippen molar-refractivity contribution in [2.24, 2.45) is 0 Å². The maximum Gasteiger partial charge on any atom is 0.333 e. The van der Waals surface area contributed by atoms with Crippen LogP contribution in [-0.4, -0.2) is 25.8 Å². The number of esters is 1. The van der Waals surface area contributed by atoms with E-state index in [-0.39, 0.29) is 5.97 Å². The summed E-state index contributed by atoms with van der Waals surface area (Å²) >= 11 is 0. The fraction of sp³-hybridized carbons (Fsp3) is 0.912. The molecule has 0 radical (unpaired) electrons. The summed E-state index contributed by atoms with van der Waals surface area (Å²) in [7, 11) is 0. The zero-order chi connectivity index (χ0) is 27.1. The predicted molar refractivity (Wildman–Crippen MR) is 162 cm³/mol. The van der Waals surface area contributed by atoms with E-state index in [1.54, 1.807) is 6.92 Å². The number of hydrogen-bond donors (Lipinski definition) is 0. The van der Waals surface area contributed by atoms with Crippen molar-refractivity contribution in [3.63, 3.8) is 0 Å². The lowest BCUT2D eigenvalue weighted by molar-refractivity contribution is -0.140. The molecule has 0 aliphatic rings. The lowest BCUT2D eigenvalue weighted by Crippen LogP contribution is -2.11. The highest BCUT2D eigenvalue weighted by Crippen LogP contribution is 2.16. The summed E-state index contributed by atoms with van der Waals surface area (Å²) in [5.41, 5.74) is 0.440. The Kier molecular flexibility index (Phi) is 30.7. The zero-order valence-electron chi connectivity index (χ0n) is 25.4. The smallest absolute Gasteiger partial charge is 0.333 e. The summed E-state index contributed by atoms with van der Waals surface area (Å²) in [6.45, 7) is 9.09. The minimum absolute atomic E-state index is 0.325. The molecule has 3 nitrogen and oxygen atoms in total. The maximum atomic E-state index is 11.2. The van der Waals surface area contributed by atoms with E-state index < -0.39 is 0 Å². The molecule has 0 saturated heterocycles. The van der Waals surface area contributed by atoms with E-state index in [0.29, 0.717) is 18.8 Å². The largest absolute Gasteiger partial charge is 0.460 e. The third kappa shape index (κ3) is 31.3. The molecular formula is C34H66O3. The number of carbonyl (C=O) groups is 1. The van der Waals surface area contributed by atoms with Crippen LogP contribution < -0.4 is 0 Å². The van der Waals surface area contributed by atoms with Crippen LogP contribution in [0.4, 0.5) is 0 Å². The monoisotopic (exact) mass is 523 g/mol. The average molecular weight is 523 g/mol. The molecule has 0 atom stereocenters. The molecule has 0 fully saturated rings. The summed E-state index contributed by atoms with van der Waals surface area (Å²) in [5, 5.41) is 0. The van der Waals surface area contributed by atoms with Gasteiger partial charge in [-0.15, -0.1) is 0 Å². The molecule has 0 bridgehead atoms. The van der Waals surface area contributed by atoms with Crippen LogP contribution in [0.2, 0.25) is 0 Å². The second-order valence-corrected chi connectivity index (χ2v) is 11.4. The molecule has 0 aliphatic heterocycles. The summed E-state index contributed by atoms with van der Waals surface area (Å²) in [6.07, 6.45) is 36.9. The Morgan fingerprint density at radius 1 is 0.459 bits per heavy atom. The van der Waals surface area contributed by atoms with Gasteiger partial charge in [-0.2, -0.15) is 0 Å². The van der Waals surface area contributed by atoms with E-state index in [1.807, 2.05) is 0 Å². The molecule has 3 heteroatoms. The highest BCUT2D eigenvalue weighted by molar-refractivity contribution is 5.86. The van der Waals surface area contributed by atoms with Crippen molar-refractivity contribution in [3.05, 3.63) is 12.2 Å². The lowest BCUT2D eigenvalue weighted by Gasteiger charge is -2.06. The van der Waals surface area contributed by atoms with Crippen LogP contribution in [0.5, 0.6) is 0 Å². The van der Waals surface area contributed by atoms with E-state index in [1.165, 1.54) is 161 Å². The first kappa shape index (κ1) is 36.2. The molecule has 0 N–H and O–H groups in total. The highest BCUT2D eigenvalue weighted by atomic mass is 16.6. The molecular weight excluding hydrogens is 456 g/mol. The third-order valence-electron chi connectivity index (χ3n) is 7.45. The van der Waals surface area contributed by atoms with Crippen molar-refractivity contribution in [3.8, 4) is 0 Å². The van der Waals surface area contributed by atoms with Gasteiger partial charge in [-0.3, -0.25) is 0 Å². The molecule has 37 heavy (non-hydrogen) atoms. The van der Waals surface area contributed by atoms with E-state index in [0.717, 1.165) is 13.0 Å². The molecule has 0 aliphatic carbocycles. The van der Waals surface area contributed by atoms with Crippen molar-refractivity contribution in [1.29, 1.82) is 0 Å². The van der Waals surface area contributed by atoms with Crippen LogP contribution in [0.1, 0.15) is 181 Å². The van der Waals surface area contributed by atoms with Gasteiger partial charge in [0, 0.05) is 12.2 Å². The van der Waals surface area contributed by atoms with Gasteiger partial charge in [0.05, 0.1) is 6.61 Å². The van der Waals surface area contributed by atoms with Crippen LogP contribution in [0.3, 0.4) is 0 Å². The average Bonchev–Trinajstić information content (AvgIpc) is 2.89. The Bertz CT molecular complexity index is 474. The molecule has 0 spiro atoms. The molecule has 0 unspecified atom stereocenters. The van der Waals surface area contributed by atoms with E-state index >= 15 is 0 Å². The number of ether oxygens (including phenoxy) is 2. The van der Waals surface area contributed by atoms with Gasteiger partial charge in [-0.25, -0.2) is 4.79 Å². The zero-order valence-corrected chi connectivity index (χ0v) is 25.4. The summed E-state index contributed by atoms with van der Waals surface area (Å²) < 4.78 is 10.5. The van der Waals surface area contributed by atoms with Gasteiger partial charge in [0.1, 0.15) is 6.61 Å². The highest BCUT2D eigenvalue weighted by Gasteiger charge is 2.02. The third-order valence-corrected chi connectivity index (χ3v) is 7.45. The summed E-state index contributed by atoms with van der Waals surface area (Å²) in [6, 6.07) is 0. The Labute approximate surface area is 232 Å². The van der Waals surface area contributed by atoms with Gasteiger partial charge >= 0.3 is 5.97 Å². The quantitative estimate of drug-likeness (QED) is 0.0516. The topological polar surface area (TPSA) is 35.5 Å². The molecule has 0 rings (SSSR count). The number of rotatable bonds is 31. The van der Waals surface area contributed by atoms with Crippen molar-refractivity contribution in [2.45, 2.75) is 181 Å². The van der Waals surface area contributed by atoms with E-state index in [9.17, 15) is 4.79 Å². The van der Waals surface area contributed by atoms with E-state index in [4.69, 9.17) is 9.47 Å². The van der Waals surface area contributed by atoms with Crippen molar-refractivity contribution >= 4 is 5.97 Å². The van der Waals surface area contributed by atoms with Crippen LogP contribution in [-0.2, 0) is 14.3 Å². The molecule has 0 aromatic heterocycles. The van der Waals surface area contributed by atoms with Crippen molar-refractivity contribution < 1.29 is 14.3 Å². The predicted octanol–water partition coefficient (Wildman–Crippen LogP) is 11.3. The number of hydrogen-bond acceptors (Lipinski definition) is 3.